The Balaban J connectivity index is 1.32. The number of nitrogens with one attached hydrogen (secondary N) is 9. The van der Waals surface area contributed by atoms with Gasteiger partial charge in [0.2, 0.25) is 59.1 Å². The Hall–Kier alpha value is -9.74. The van der Waals surface area contributed by atoms with E-state index in [2.05, 4.69) is 47.9 Å². The van der Waals surface area contributed by atoms with Crippen LogP contribution in [-0.2, 0) is 95.4 Å². The zero-order chi connectivity index (χ0) is 88.6. The summed E-state index contributed by atoms with van der Waals surface area (Å²) in [4.78, 5) is 168. The van der Waals surface area contributed by atoms with Crippen molar-refractivity contribution in [1.82, 2.24) is 47.9 Å². The number of hydrogen-bond acceptors (Lipinski definition) is 25. The number of carbonyl (C=O) groups excluding carboxylic acids is 10. The van der Waals surface area contributed by atoms with E-state index in [9.17, 15) is 77.3 Å². The van der Waals surface area contributed by atoms with Crippen LogP contribution < -0.4 is 68.8 Å². The molecule has 121 heavy (non-hydrogen) atoms. The minimum absolute atomic E-state index is 0.0761. The highest BCUT2D eigenvalue weighted by Crippen LogP contribution is 2.17. The van der Waals surface area contributed by atoms with E-state index in [1.165, 1.54) is 24.3 Å². The summed E-state index contributed by atoms with van der Waals surface area (Å²) in [5.74, 6) is -7.47. The molecule has 4 atom stereocenters. The van der Waals surface area contributed by atoms with Crippen LogP contribution in [0.25, 0.3) is 0 Å². The van der Waals surface area contributed by atoms with Crippen LogP contribution >= 0.6 is 0 Å². The Morgan fingerprint density at radius 2 is 0.579 bits per heavy atom. The zero-order valence-electron chi connectivity index (χ0n) is 69.9. The van der Waals surface area contributed by atoms with Gasteiger partial charge in [-0.2, -0.15) is 0 Å². The number of unbranched alkanes of at least 4 members (excludes halogenated alkanes) is 16. The fourth-order valence-electron chi connectivity index (χ4n) is 11.3. The molecule has 0 unspecified atom stereocenters. The van der Waals surface area contributed by atoms with Gasteiger partial charge in [-0.15, -0.1) is 0 Å². The fraction of sp³-hybridized carbons (Fsp3) is 0.683. The van der Waals surface area contributed by atoms with Crippen LogP contribution in [0.2, 0.25) is 0 Å². The monoisotopic (exact) mass is 1720 g/mol. The van der Waals surface area contributed by atoms with Crippen molar-refractivity contribution in [1.29, 1.82) is 0 Å². The predicted molar refractivity (Wildman–Crippen MR) is 440 cm³/mol. The number of ether oxygens (including phenoxy) is 10. The molecule has 0 aliphatic rings. The van der Waals surface area contributed by atoms with E-state index in [1.54, 1.807) is 24.3 Å². The number of carbonyl (C=O) groups is 14. The quantitative estimate of drug-likeness (QED) is 0.0423. The van der Waals surface area contributed by atoms with Crippen molar-refractivity contribution in [3.63, 3.8) is 0 Å². The number of primary amides is 1. The smallest absolute Gasteiger partial charge is 0.335 e. The highest BCUT2D eigenvalue weighted by atomic mass is 16.5. The highest BCUT2D eigenvalue weighted by Gasteiger charge is 2.25. The summed E-state index contributed by atoms with van der Waals surface area (Å²) in [6.45, 7) is 3.27. The van der Waals surface area contributed by atoms with Crippen molar-refractivity contribution in [3.8, 4) is 11.5 Å². The molecule has 0 aliphatic heterocycles. The van der Waals surface area contributed by atoms with E-state index >= 15 is 0 Å². The van der Waals surface area contributed by atoms with E-state index in [0.29, 0.717) is 69.8 Å². The molecule has 0 radical (unpaired) electrons. The molecule has 39 nitrogen and oxygen atoms in total. The lowest BCUT2D eigenvalue weighted by Crippen LogP contribution is -2.50. The molecule has 0 fully saturated rings. The van der Waals surface area contributed by atoms with Gasteiger partial charge in [-0.1, -0.05) is 77.0 Å². The number of carboxylic acid groups (broad SMARTS) is 4. The van der Waals surface area contributed by atoms with Crippen molar-refractivity contribution in [2.24, 2.45) is 11.5 Å². The number of amides is 10. The van der Waals surface area contributed by atoms with Crippen LogP contribution in [0.3, 0.4) is 0 Å². The number of benzene rings is 2. The normalized spacial score (nSPS) is 12.0. The molecule has 2 aromatic rings. The SMILES string of the molecule is NC(=O)[C@H](CCCCNC(=O)COCCOCCNC(=O)COCCOCCNC(=O)CC[C@H](NC(=O)CCCCCCCCCCOc1ccc(C(=O)O)cc1)C(=O)O)NC(=O)[C@@H](N)CCCCNC(=O)COCCOCCNC(=O)COCCOCCNC(=O)CC[C@H](NC(=O)CCCCCCCCCCOc1ccc(C(=O)O)cc1)C(=O)O. The van der Waals surface area contributed by atoms with Gasteiger partial charge in [-0.3, -0.25) is 47.9 Å². The number of aromatic carboxylic acids is 2. The molecular formula is C82H133N11O28. The third-order valence-corrected chi connectivity index (χ3v) is 18.1. The van der Waals surface area contributed by atoms with Crippen molar-refractivity contribution in [3.05, 3.63) is 59.7 Å². The lowest BCUT2D eigenvalue weighted by molar-refractivity contribution is -0.142. The summed E-state index contributed by atoms with van der Waals surface area (Å²) in [5, 5.41) is 60.7. The van der Waals surface area contributed by atoms with E-state index in [1.807, 2.05) is 0 Å². The summed E-state index contributed by atoms with van der Waals surface area (Å²) in [6, 6.07) is 8.30. The predicted octanol–water partition coefficient (Wildman–Crippen LogP) is 2.73. The molecule has 10 amide bonds. The number of carboxylic acids is 4. The molecule has 0 spiro atoms. The topological polar surface area (TPSA) is 573 Å². The van der Waals surface area contributed by atoms with E-state index in [-0.39, 0.29) is 236 Å². The molecule has 2 rings (SSSR count). The number of rotatable bonds is 81. The maximum atomic E-state index is 12.8. The maximum Gasteiger partial charge on any atom is 0.335 e. The van der Waals surface area contributed by atoms with Crippen LogP contribution in [0.5, 0.6) is 11.5 Å². The third-order valence-electron chi connectivity index (χ3n) is 18.1. The number of hydrogen-bond donors (Lipinski definition) is 15. The van der Waals surface area contributed by atoms with Crippen molar-refractivity contribution in [2.45, 2.75) is 204 Å². The van der Waals surface area contributed by atoms with Gasteiger partial charge in [0, 0.05) is 65.0 Å². The van der Waals surface area contributed by atoms with Crippen LogP contribution in [0.15, 0.2) is 48.5 Å². The summed E-state index contributed by atoms with van der Waals surface area (Å²) < 4.78 is 54.3. The molecule has 0 aliphatic carbocycles. The zero-order valence-corrected chi connectivity index (χ0v) is 69.9. The maximum absolute atomic E-state index is 12.8. The first kappa shape index (κ1) is 107. The van der Waals surface area contributed by atoms with Crippen LogP contribution in [0, 0.1) is 0 Å². The van der Waals surface area contributed by atoms with Gasteiger partial charge in [0.15, 0.2) is 0 Å². The second kappa shape index (κ2) is 71.9. The Labute approximate surface area is 707 Å². The lowest BCUT2D eigenvalue weighted by Gasteiger charge is -2.18. The average molecular weight is 1720 g/mol. The summed E-state index contributed by atoms with van der Waals surface area (Å²) in [7, 11) is 0. The van der Waals surface area contributed by atoms with Gasteiger partial charge < -0.3 is 127 Å². The first-order chi connectivity index (χ1) is 58.4. The fourth-order valence-corrected chi connectivity index (χ4v) is 11.3. The molecule has 0 heterocycles. The first-order valence-electron chi connectivity index (χ1n) is 42.0. The third kappa shape index (κ3) is 62.1. The second-order valence-electron chi connectivity index (χ2n) is 28.3. The minimum atomic E-state index is -1.23. The first-order valence-corrected chi connectivity index (χ1v) is 42.0. The largest absolute Gasteiger partial charge is 0.494 e. The van der Waals surface area contributed by atoms with Crippen molar-refractivity contribution >= 4 is 82.9 Å². The molecule has 2 aromatic carbocycles. The van der Waals surface area contributed by atoms with Gasteiger partial charge in [0.05, 0.1) is 110 Å². The number of aliphatic carboxylic acids is 2. The Kier molecular flexibility index (Phi) is 63.8. The van der Waals surface area contributed by atoms with Crippen molar-refractivity contribution in [2.75, 3.05) is 158 Å². The van der Waals surface area contributed by atoms with Gasteiger partial charge in [0.1, 0.15) is 56.1 Å². The van der Waals surface area contributed by atoms with Crippen LogP contribution in [-0.4, -0.2) is 286 Å². The Morgan fingerprint density at radius 1 is 0.281 bits per heavy atom. The lowest BCUT2D eigenvalue weighted by atomic mass is 10.1. The van der Waals surface area contributed by atoms with Gasteiger partial charge in [-0.25, -0.2) is 19.2 Å². The second-order valence-corrected chi connectivity index (χ2v) is 28.3. The molecule has 39 heteroatoms. The van der Waals surface area contributed by atoms with E-state index < -0.39 is 71.7 Å². The standard InChI is InChI=1S/C82H133N11O28/c83-65(21-15-17-37-85-73(98)57-116-53-51-114-47-41-89-75(100)59-118-55-49-112-45-39-87-69(94)35-33-67(81(108)109)91-71(96)23-13-9-5-1-3-7-11-19-43-120-63-29-25-61(26-30-63)79(104)105)78(103)93-66(77(84)102)22-16-18-38-86-74(99)58-117-54-52-115-48-42-90-76(101)60-119-56-50-113-46-40-88-70(95)36-34-68(82(110)111)92-72(97)24-14-10-6-2-4-8-12-20-44-121-64-31-27-62(28-32-64)80(106)107/h25-32,65-68H,1-24,33-60,83H2,(H2,84,102)(H,85,98)(H,86,99)(H,87,94)(H,88,95)(H,89,100)(H,90,101)(H,91,96)(H,92,97)(H,93,103)(H,104,105)(H,106,107)(H,108,109)(H,110,111)/t65-,66-,67-,68-/m0/s1. The van der Waals surface area contributed by atoms with Crippen LogP contribution in [0.1, 0.15) is 200 Å². The summed E-state index contributed by atoms with van der Waals surface area (Å²) in [6.07, 6.45) is 17.2. The van der Waals surface area contributed by atoms with E-state index in [0.717, 1.165) is 89.9 Å². The molecule has 0 bridgehead atoms. The molecular weight excluding hydrogens is 1590 g/mol. The Morgan fingerprint density at radius 3 is 0.901 bits per heavy atom. The summed E-state index contributed by atoms with van der Waals surface area (Å²) >= 11 is 0. The molecule has 17 N–H and O–H groups in total. The molecule has 0 saturated heterocycles. The molecule has 0 aromatic heterocycles. The molecule has 0 saturated carbocycles. The van der Waals surface area contributed by atoms with Crippen molar-refractivity contribution < 1.29 is 135 Å². The average Bonchev–Trinajstić information content (AvgIpc) is 0.906. The number of nitrogens with two attached hydrogens (primary N) is 2. The molecule has 684 valence electrons. The van der Waals surface area contributed by atoms with Crippen LogP contribution in [0.4, 0.5) is 0 Å². The Bertz CT molecular complexity index is 3270. The minimum Gasteiger partial charge on any atom is -0.494 e. The highest BCUT2D eigenvalue weighted by molar-refractivity contribution is 5.90. The van der Waals surface area contributed by atoms with Gasteiger partial charge in [-0.05, 0) is 126 Å². The van der Waals surface area contributed by atoms with Gasteiger partial charge in [0.25, 0.3) is 0 Å². The van der Waals surface area contributed by atoms with Gasteiger partial charge >= 0.3 is 23.9 Å². The summed E-state index contributed by atoms with van der Waals surface area (Å²) in [5.41, 5.74) is 12.0. The van der Waals surface area contributed by atoms with E-state index in [4.69, 9.17) is 69.0 Å².